The molecule has 3 aromatic carbocycles. The van der Waals surface area contributed by atoms with Gasteiger partial charge in [-0.1, -0.05) is 59.6 Å². The molecule has 0 aromatic heterocycles. The van der Waals surface area contributed by atoms with Gasteiger partial charge in [0.1, 0.15) is 5.70 Å². The molecule has 3 aromatic rings. The number of hydrogen-bond acceptors (Lipinski definition) is 3. The molecule has 0 radical (unpaired) electrons. The van der Waals surface area contributed by atoms with Crippen molar-refractivity contribution < 1.29 is 9.59 Å². The summed E-state index contributed by atoms with van der Waals surface area (Å²) in [5.41, 5.74) is 5.19. The van der Waals surface area contributed by atoms with Gasteiger partial charge < -0.3 is 5.32 Å². The highest BCUT2D eigenvalue weighted by atomic mass is 35.5. The van der Waals surface area contributed by atoms with Gasteiger partial charge in [-0.15, -0.1) is 0 Å². The molecule has 0 saturated heterocycles. The number of halogens is 2. The number of hydrogen-bond donors (Lipinski definition) is 1. The molecule has 6 heteroatoms. The summed E-state index contributed by atoms with van der Waals surface area (Å²) in [6.07, 6.45) is 0. The van der Waals surface area contributed by atoms with Crippen molar-refractivity contribution in [3.05, 3.63) is 98.7 Å². The molecule has 4 rings (SSSR count). The van der Waals surface area contributed by atoms with Crippen LogP contribution in [0.3, 0.4) is 0 Å². The second kappa shape index (κ2) is 8.22. The number of para-hydroxylation sites is 1. The fraction of sp³-hybridized carbons (Fsp3) is 0.120. The summed E-state index contributed by atoms with van der Waals surface area (Å²) in [6.45, 7) is 5.88. The van der Waals surface area contributed by atoms with Crippen LogP contribution in [-0.2, 0) is 9.59 Å². The lowest BCUT2D eigenvalue weighted by Crippen LogP contribution is -2.32. The first-order valence-corrected chi connectivity index (χ1v) is 10.5. The molecular formula is C25H20Cl2N2O2. The van der Waals surface area contributed by atoms with Crippen LogP contribution in [0.5, 0.6) is 0 Å². The van der Waals surface area contributed by atoms with Crippen molar-refractivity contribution in [1.82, 2.24) is 0 Å². The summed E-state index contributed by atoms with van der Waals surface area (Å²) < 4.78 is 0. The van der Waals surface area contributed by atoms with E-state index in [1.807, 2.05) is 45.0 Å². The summed E-state index contributed by atoms with van der Waals surface area (Å²) >= 11 is 12.5. The number of anilines is 2. The molecule has 0 fully saturated rings. The predicted molar refractivity (Wildman–Crippen MR) is 127 cm³/mol. The highest BCUT2D eigenvalue weighted by Gasteiger charge is 2.41. The van der Waals surface area contributed by atoms with Gasteiger partial charge in [0, 0.05) is 10.7 Å². The Kier molecular flexibility index (Phi) is 5.61. The van der Waals surface area contributed by atoms with Crippen molar-refractivity contribution in [3.63, 3.8) is 0 Å². The number of nitrogens with one attached hydrogen (secondary N) is 1. The van der Waals surface area contributed by atoms with Crippen molar-refractivity contribution in [1.29, 1.82) is 0 Å². The van der Waals surface area contributed by atoms with Gasteiger partial charge in [-0.05, 0) is 67.3 Å². The number of carbonyl (C=O) groups is 2. The zero-order chi connectivity index (χ0) is 22.3. The van der Waals surface area contributed by atoms with E-state index >= 15 is 0 Å². The Balaban J connectivity index is 1.89. The third-order valence-corrected chi connectivity index (χ3v) is 5.99. The first-order valence-electron chi connectivity index (χ1n) is 9.76. The normalized spacial score (nSPS) is 13.9. The summed E-state index contributed by atoms with van der Waals surface area (Å²) in [4.78, 5) is 28.2. The average Bonchev–Trinajstić information content (AvgIpc) is 2.97. The minimum Gasteiger partial charge on any atom is -0.350 e. The molecule has 2 amide bonds. The maximum Gasteiger partial charge on any atom is 0.282 e. The summed E-state index contributed by atoms with van der Waals surface area (Å²) in [7, 11) is 0. The largest absolute Gasteiger partial charge is 0.350 e. The third kappa shape index (κ3) is 3.85. The zero-order valence-electron chi connectivity index (χ0n) is 17.3. The third-order valence-electron chi connectivity index (χ3n) is 5.43. The van der Waals surface area contributed by atoms with Crippen molar-refractivity contribution in [3.8, 4) is 0 Å². The average molecular weight is 451 g/mol. The van der Waals surface area contributed by atoms with Gasteiger partial charge in [-0.2, -0.15) is 0 Å². The van der Waals surface area contributed by atoms with Crippen LogP contribution in [0.1, 0.15) is 22.3 Å². The Morgan fingerprint density at radius 2 is 1.48 bits per heavy atom. The van der Waals surface area contributed by atoms with Gasteiger partial charge in [0.05, 0.1) is 16.3 Å². The number of amides is 2. The van der Waals surface area contributed by atoms with Gasteiger partial charge in [0.15, 0.2) is 0 Å². The minimum atomic E-state index is -0.467. The first-order chi connectivity index (χ1) is 14.8. The van der Waals surface area contributed by atoms with E-state index < -0.39 is 11.8 Å². The van der Waals surface area contributed by atoms with Crippen LogP contribution in [-0.4, -0.2) is 11.8 Å². The van der Waals surface area contributed by atoms with Crippen LogP contribution in [0.4, 0.5) is 11.4 Å². The van der Waals surface area contributed by atoms with E-state index in [1.54, 1.807) is 36.4 Å². The summed E-state index contributed by atoms with van der Waals surface area (Å²) in [6, 6.07) is 17.9. The van der Waals surface area contributed by atoms with Gasteiger partial charge in [-0.3, -0.25) is 9.59 Å². The number of imide groups is 1. The first kappa shape index (κ1) is 21.2. The second-order valence-electron chi connectivity index (χ2n) is 7.53. The molecule has 0 unspecified atom stereocenters. The molecule has 31 heavy (non-hydrogen) atoms. The van der Waals surface area contributed by atoms with Crippen LogP contribution in [0, 0.1) is 20.8 Å². The monoisotopic (exact) mass is 450 g/mol. The van der Waals surface area contributed by atoms with Crippen molar-refractivity contribution in [2.24, 2.45) is 0 Å². The van der Waals surface area contributed by atoms with Crippen LogP contribution in [0.25, 0.3) is 5.57 Å². The van der Waals surface area contributed by atoms with Crippen LogP contribution in [0.2, 0.25) is 10.0 Å². The molecule has 0 saturated carbocycles. The molecular weight excluding hydrogens is 431 g/mol. The van der Waals surface area contributed by atoms with Crippen LogP contribution < -0.4 is 10.2 Å². The molecule has 0 bridgehead atoms. The van der Waals surface area contributed by atoms with Crippen molar-refractivity contribution in [2.75, 3.05) is 10.2 Å². The predicted octanol–water partition coefficient (Wildman–Crippen LogP) is 6.32. The highest BCUT2D eigenvalue weighted by Crippen LogP contribution is 2.37. The molecule has 1 N–H and O–H groups in total. The van der Waals surface area contributed by atoms with Crippen molar-refractivity contribution >= 4 is 52.0 Å². The fourth-order valence-electron chi connectivity index (χ4n) is 3.53. The molecule has 156 valence electrons. The van der Waals surface area contributed by atoms with Crippen LogP contribution >= 0.6 is 23.2 Å². The number of nitrogens with zero attached hydrogens (tertiary/aromatic N) is 1. The van der Waals surface area contributed by atoms with E-state index in [-0.39, 0.29) is 5.70 Å². The lowest BCUT2D eigenvalue weighted by Gasteiger charge is -2.17. The van der Waals surface area contributed by atoms with E-state index in [1.165, 1.54) is 0 Å². The zero-order valence-corrected chi connectivity index (χ0v) is 18.8. The standard InChI is InChI=1S/C25H20Cl2N2O2/c1-14-8-10-17(12-16(14)3)22-23(28-20-13-18(26)11-9-15(20)2)25(31)29(24(22)30)21-7-5-4-6-19(21)27/h4-13,28H,1-3H3. The van der Waals surface area contributed by atoms with Crippen molar-refractivity contribution in [2.45, 2.75) is 20.8 Å². The minimum absolute atomic E-state index is 0.193. The Bertz CT molecular complexity index is 1260. The van der Waals surface area contributed by atoms with Crippen LogP contribution in [0.15, 0.2) is 66.4 Å². The number of aryl methyl sites for hydroxylation is 3. The van der Waals surface area contributed by atoms with Gasteiger partial charge in [-0.25, -0.2) is 4.90 Å². The molecule has 1 aliphatic rings. The fourth-order valence-corrected chi connectivity index (χ4v) is 3.92. The molecule has 0 spiro atoms. The summed E-state index contributed by atoms with van der Waals surface area (Å²) in [5, 5.41) is 4.02. The SMILES string of the molecule is Cc1ccc(C2=C(Nc3cc(Cl)ccc3C)C(=O)N(c3ccccc3Cl)C2=O)cc1C. The Hall–Kier alpha value is -3.08. The Morgan fingerprint density at radius 3 is 2.19 bits per heavy atom. The van der Waals surface area contributed by atoms with Gasteiger partial charge >= 0.3 is 0 Å². The Labute approximate surface area is 191 Å². The van der Waals surface area contributed by atoms with Gasteiger partial charge in [0.25, 0.3) is 11.8 Å². The maximum atomic E-state index is 13.5. The number of benzene rings is 3. The van der Waals surface area contributed by atoms with E-state index in [0.717, 1.165) is 21.6 Å². The lowest BCUT2D eigenvalue weighted by molar-refractivity contribution is -0.120. The van der Waals surface area contributed by atoms with E-state index in [9.17, 15) is 9.59 Å². The van der Waals surface area contributed by atoms with Gasteiger partial charge in [0.2, 0.25) is 0 Å². The molecule has 1 heterocycles. The molecule has 0 aliphatic carbocycles. The maximum absolute atomic E-state index is 13.5. The molecule has 4 nitrogen and oxygen atoms in total. The smallest absolute Gasteiger partial charge is 0.282 e. The second-order valence-corrected chi connectivity index (χ2v) is 8.37. The van der Waals surface area contributed by atoms with E-state index in [0.29, 0.717) is 32.6 Å². The summed E-state index contributed by atoms with van der Waals surface area (Å²) in [5.74, 6) is -0.894. The van der Waals surface area contributed by atoms with E-state index in [2.05, 4.69) is 5.32 Å². The molecule has 0 atom stereocenters. The Morgan fingerprint density at radius 1 is 0.774 bits per heavy atom. The van der Waals surface area contributed by atoms with E-state index in [4.69, 9.17) is 23.2 Å². The highest BCUT2D eigenvalue weighted by molar-refractivity contribution is 6.48. The molecule has 1 aliphatic heterocycles. The topological polar surface area (TPSA) is 49.4 Å². The quantitative estimate of drug-likeness (QED) is 0.473. The number of rotatable bonds is 4. The lowest BCUT2D eigenvalue weighted by atomic mass is 9.99. The number of carbonyl (C=O) groups excluding carboxylic acids is 2.